The minimum absolute atomic E-state index is 0.131. The maximum absolute atomic E-state index is 11.6. The van der Waals surface area contributed by atoms with E-state index in [9.17, 15) is 8.78 Å². The molecule has 0 aliphatic carbocycles. The number of rotatable bonds is 5. The molecule has 0 fully saturated rings. The summed E-state index contributed by atoms with van der Waals surface area (Å²) in [6.07, 6.45) is -2.42. The van der Waals surface area contributed by atoms with Gasteiger partial charge in [-0.3, -0.25) is 0 Å². The van der Waals surface area contributed by atoms with E-state index in [2.05, 4.69) is 4.98 Å². The van der Waals surface area contributed by atoms with Crippen molar-refractivity contribution in [1.29, 1.82) is 0 Å². The van der Waals surface area contributed by atoms with E-state index in [1.165, 1.54) is 11.3 Å². The Morgan fingerprint density at radius 1 is 1.62 bits per heavy atom. The molecule has 0 saturated heterocycles. The molecule has 0 saturated carbocycles. The molecule has 13 heavy (non-hydrogen) atoms. The summed E-state index contributed by atoms with van der Waals surface area (Å²) in [7, 11) is 0. The second-order valence-corrected chi connectivity index (χ2v) is 3.48. The molecular weight excluding hydrogens is 220 g/mol. The van der Waals surface area contributed by atoms with E-state index in [1.54, 1.807) is 5.38 Å². The van der Waals surface area contributed by atoms with Crippen LogP contribution in [0.3, 0.4) is 0 Å². The number of ether oxygens (including phenoxy) is 1. The summed E-state index contributed by atoms with van der Waals surface area (Å²) in [4.78, 5) is 4.04. The average molecular weight is 228 g/mol. The predicted octanol–water partition coefficient (Wildman–Crippen LogP) is 2.66. The minimum atomic E-state index is -2.42. The average Bonchev–Trinajstić information content (AvgIpc) is 2.52. The van der Waals surface area contributed by atoms with Gasteiger partial charge in [0, 0.05) is 5.38 Å². The molecule has 6 heteroatoms. The predicted molar refractivity (Wildman–Crippen MR) is 47.3 cm³/mol. The largest absolute Gasteiger partial charge is 0.368 e. The van der Waals surface area contributed by atoms with Crippen LogP contribution in [0, 0.1) is 0 Å². The first-order valence-electron chi connectivity index (χ1n) is 3.57. The van der Waals surface area contributed by atoms with Gasteiger partial charge in [0.15, 0.2) is 0 Å². The molecule has 1 rings (SSSR count). The maximum Gasteiger partial charge on any atom is 0.261 e. The molecule has 0 N–H and O–H groups in total. The van der Waals surface area contributed by atoms with Crippen LogP contribution in [-0.2, 0) is 17.2 Å². The van der Waals surface area contributed by atoms with Crippen LogP contribution in [-0.4, -0.2) is 18.0 Å². The molecule has 1 aromatic heterocycles. The summed E-state index contributed by atoms with van der Waals surface area (Å²) < 4.78 is 28.0. The third-order valence-corrected chi connectivity index (χ3v) is 2.35. The first kappa shape index (κ1) is 10.8. The summed E-state index contributed by atoms with van der Waals surface area (Å²) in [5.74, 6) is 0.339. The van der Waals surface area contributed by atoms with Gasteiger partial charge in [-0.15, -0.1) is 22.9 Å². The highest BCUT2D eigenvalue weighted by Crippen LogP contribution is 2.12. The summed E-state index contributed by atoms with van der Waals surface area (Å²) >= 11 is 6.87. The second kappa shape index (κ2) is 5.47. The lowest BCUT2D eigenvalue weighted by molar-refractivity contribution is 0.00981. The van der Waals surface area contributed by atoms with Crippen LogP contribution in [0.4, 0.5) is 8.78 Å². The van der Waals surface area contributed by atoms with Gasteiger partial charge in [-0.25, -0.2) is 13.8 Å². The molecule has 0 aliphatic rings. The molecule has 0 aliphatic heterocycles. The van der Waals surface area contributed by atoms with Crippen molar-refractivity contribution in [2.75, 3.05) is 6.61 Å². The lowest BCUT2D eigenvalue weighted by Crippen LogP contribution is -2.03. The van der Waals surface area contributed by atoms with Crippen LogP contribution >= 0.6 is 22.9 Å². The fourth-order valence-corrected chi connectivity index (χ4v) is 1.67. The molecule has 1 aromatic rings. The summed E-state index contributed by atoms with van der Waals surface area (Å²) in [5.41, 5.74) is 0.752. The zero-order chi connectivity index (χ0) is 9.68. The van der Waals surface area contributed by atoms with E-state index in [0.717, 1.165) is 5.69 Å². The van der Waals surface area contributed by atoms with Crippen LogP contribution in [0.5, 0.6) is 0 Å². The molecule has 1 heterocycles. The van der Waals surface area contributed by atoms with Crippen molar-refractivity contribution in [1.82, 2.24) is 4.98 Å². The van der Waals surface area contributed by atoms with Gasteiger partial charge in [0.2, 0.25) is 0 Å². The molecule has 0 atom stereocenters. The number of thiazole rings is 1. The lowest BCUT2D eigenvalue weighted by Gasteiger charge is -1.99. The van der Waals surface area contributed by atoms with Gasteiger partial charge < -0.3 is 4.74 Å². The molecule has 74 valence electrons. The number of hydrogen-bond donors (Lipinski definition) is 0. The fraction of sp³-hybridized carbons (Fsp3) is 0.571. The topological polar surface area (TPSA) is 22.1 Å². The van der Waals surface area contributed by atoms with E-state index in [0.29, 0.717) is 10.9 Å². The Hall–Kier alpha value is -0.260. The molecule has 2 nitrogen and oxygen atoms in total. The Morgan fingerprint density at radius 2 is 2.38 bits per heavy atom. The van der Waals surface area contributed by atoms with Crippen molar-refractivity contribution in [2.45, 2.75) is 18.9 Å². The number of aromatic nitrogens is 1. The smallest absolute Gasteiger partial charge is 0.261 e. The number of hydrogen-bond acceptors (Lipinski definition) is 3. The monoisotopic (exact) mass is 227 g/mol. The molecule has 0 spiro atoms. The Kier molecular flexibility index (Phi) is 4.55. The van der Waals surface area contributed by atoms with Crippen LogP contribution in [0.1, 0.15) is 10.7 Å². The Labute approximate surface area is 83.5 Å². The third kappa shape index (κ3) is 3.97. The van der Waals surface area contributed by atoms with Crippen molar-refractivity contribution < 1.29 is 13.5 Å². The molecule has 0 aromatic carbocycles. The first-order valence-corrected chi connectivity index (χ1v) is 4.99. The fourth-order valence-electron chi connectivity index (χ4n) is 0.712. The Bertz CT molecular complexity index is 256. The van der Waals surface area contributed by atoms with Crippen molar-refractivity contribution in [2.24, 2.45) is 0 Å². The minimum Gasteiger partial charge on any atom is -0.368 e. The van der Waals surface area contributed by atoms with E-state index in [1.807, 2.05) is 0 Å². The van der Waals surface area contributed by atoms with E-state index in [4.69, 9.17) is 16.3 Å². The van der Waals surface area contributed by atoms with E-state index < -0.39 is 13.0 Å². The highest BCUT2D eigenvalue weighted by molar-refractivity contribution is 7.09. The first-order chi connectivity index (χ1) is 6.22. The lowest BCUT2D eigenvalue weighted by atomic mass is 10.6. The zero-order valence-electron chi connectivity index (χ0n) is 6.67. The third-order valence-electron chi connectivity index (χ3n) is 1.21. The molecule has 0 unspecified atom stereocenters. The normalized spacial score (nSPS) is 11.1. The molecule has 0 amide bonds. The zero-order valence-corrected chi connectivity index (χ0v) is 8.25. The van der Waals surface area contributed by atoms with Gasteiger partial charge in [0.1, 0.15) is 11.6 Å². The molecular formula is C7H8ClF2NOS. The van der Waals surface area contributed by atoms with E-state index >= 15 is 0 Å². The Morgan fingerprint density at radius 3 is 2.92 bits per heavy atom. The maximum atomic E-state index is 11.6. The standard InChI is InChI=1S/C7H8ClF2NOS/c8-1-5-4-13-7(11-5)3-12-2-6(9)10/h4,6H,1-3H2. The van der Waals surface area contributed by atoms with Gasteiger partial charge in [0.05, 0.1) is 18.2 Å². The summed E-state index contributed by atoms with van der Waals surface area (Å²) in [5, 5.41) is 2.46. The second-order valence-electron chi connectivity index (χ2n) is 2.27. The van der Waals surface area contributed by atoms with Crippen LogP contribution < -0.4 is 0 Å². The van der Waals surface area contributed by atoms with Crippen LogP contribution in [0.15, 0.2) is 5.38 Å². The van der Waals surface area contributed by atoms with Gasteiger partial charge in [-0.1, -0.05) is 0 Å². The highest BCUT2D eigenvalue weighted by Gasteiger charge is 2.04. The number of halogens is 3. The number of nitrogens with zero attached hydrogens (tertiary/aromatic N) is 1. The Balaban J connectivity index is 2.28. The van der Waals surface area contributed by atoms with Gasteiger partial charge in [0.25, 0.3) is 6.43 Å². The van der Waals surface area contributed by atoms with Gasteiger partial charge >= 0.3 is 0 Å². The van der Waals surface area contributed by atoms with Crippen molar-refractivity contribution in [3.63, 3.8) is 0 Å². The summed E-state index contributed by atoms with van der Waals surface area (Å²) in [6.45, 7) is -0.415. The quantitative estimate of drug-likeness (QED) is 0.722. The van der Waals surface area contributed by atoms with Gasteiger partial charge in [-0.2, -0.15) is 0 Å². The highest BCUT2D eigenvalue weighted by atomic mass is 35.5. The number of alkyl halides is 3. The van der Waals surface area contributed by atoms with Crippen LogP contribution in [0.2, 0.25) is 0 Å². The van der Waals surface area contributed by atoms with Crippen molar-refractivity contribution in [3.05, 3.63) is 16.1 Å². The van der Waals surface area contributed by atoms with E-state index in [-0.39, 0.29) is 6.61 Å². The molecule has 0 radical (unpaired) electrons. The van der Waals surface area contributed by atoms with Crippen molar-refractivity contribution >= 4 is 22.9 Å². The summed E-state index contributed by atoms with van der Waals surface area (Å²) in [6, 6.07) is 0. The molecule has 0 bridgehead atoms. The SMILES string of the molecule is FC(F)COCc1nc(CCl)cs1. The van der Waals surface area contributed by atoms with Crippen molar-refractivity contribution in [3.8, 4) is 0 Å². The van der Waals surface area contributed by atoms with Crippen LogP contribution in [0.25, 0.3) is 0 Å². The van der Waals surface area contributed by atoms with Gasteiger partial charge in [-0.05, 0) is 0 Å².